The number of benzene rings is 1. The first-order valence-electron chi connectivity index (χ1n) is 6.25. The predicted octanol–water partition coefficient (Wildman–Crippen LogP) is 2.11. The Bertz CT molecular complexity index is 492. The van der Waals surface area contributed by atoms with Crippen molar-refractivity contribution in [3.63, 3.8) is 0 Å². The standard InChI is InChI=1S/C15H18O4/c1-14(2)15(13(17)18-3,10-12(16)19-14)9-11-7-5-4-6-8-11/h4-8H,9-10H2,1-3H3. The van der Waals surface area contributed by atoms with Crippen LogP contribution in [0.3, 0.4) is 0 Å². The van der Waals surface area contributed by atoms with Gasteiger partial charge in [0.05, 0.1) is 13.5 Å². The van der Waals surface area contributed by atoms with Gasteiger partial charge in [-0.3, -0.25) is 9.59 Å². The minimum absolute atomic E-state index is 0.0571. The molecule has 1 atom stereocenters. The smallest absolute Gasteiger partial charge is 0.316 e. The van der Waals surface area contributed by atoms with E-state index < -0.39 is 17.0 Å². The fourth-order valence-corrected chi connectivity index (χ4v) is 2.68. The lowest BCUT2D eigenvalue weighted by Crippen LogP contribution is -2.48. The minimum atomic E-state index is -0.958. The molecule has 1 aromatic rings. The van der Waals surface area contributed by atoms with E-state index in [1.54, 1.807) is 13.8 Å². The SMILES string of the molecule is COC(=O)C1(Cc2ccccc2)CC(=O)OC1(C)C. The molecule has 102 valence electrons. The van der Waals surface area contributed by atoms with E-state index in [1.165, 1.54) is 7.11 Å². The summed E-state index contributed by atoms with van der Waals surface area (Å²) in [6.45, 7) is 3.52. The maximum Gasteiger partial charge on any atom is 0.316 e. The molecule has 1 unspecified atom stereocenters. The van der Waals surface area contributed by atoms with Gasteiger partial charge in [0, 0.05) is 0 Å². The van der Waals surface area contributed by atoms with Gasteiger partial charge in [-0.2, -0.15) is 0 Å². The Kier molecular flexibility index (Phi) is 3.35. The first kappa shape index (κ1) is 13.6. The Labute approximate surface area is 112 Å². The Morgan fingerprint density at radius 2 is 1.95 bits per heavy atom. The second-order valence-corrected chi connectivity index (χ2v) is 5.40. The van der Waals surface area contributed by atoms with E-state index in [-0.39, 0.29) is 12.4 Å². The van der Waals surface area contributed by atoms with Crippen LogP contribution in [0.25, 0.3) is 0 Å². The molecule has 1 aliphatic heterocycles. The molecule has 1 aromatic carbocycles. The highest BCUT2D eigenvalue weighted by molar-refractivity contribution is 5.88. The zero-order valence-electron chi connectivity index (χ0n) is 11.4. The predicted molar refractivity (Wildman–Crippen MR) is 69.4 cm³/mol. The van der Waals surface area contributed by atoms with Crippen molar-refractivity contribution in [3.05, 3.63) is 35.9 Å². The van der Waals surface area contributed by atoms with Crippen molar-refractivity contribution in [1.82, 2.24) is 0 Å². The highest BCUT2D eigenvalue weighted by Crippen LogP contribution is 2.47. The van der Waals surface area contributed by atoms with Gasteiger partial charge in [-0.15, -0.1) is 0 Å². The number of ether oxygens (including phenoxy) is 2. The van der Waals surface area contributed by atoms with Gasteiger partial charge in [0.25, 0.3) is 0 Å². The third-order valence-corrected chi connectivity index (χ3v) is 3.89. The van der Waals surface area contributed by atoms with Crippen molar-refractivity contribution in [2.24, 2.45) is 5.41 Å². The van der Waals surface area contributed by atoms with Crippen molar-refractivity contribution in [1.29, 1.82) is 0 Å². The molecule has 0 bridgehead atoms. The minimum Gasteiger partial charge on any atom is -0.468 e. The van der Waals surface area contributed by atoms with Gasteiger partial charge in [-0.1, -0.05) is 30.3 Å². The monoisotopic (exact) mass is 262 g/mol. The molecule has 0 aliphatic carbocycles. The molecule has 4 nitrogen and oxygen atoms in total. The zero-order chi connectivity index (χ0) is 14.1. The largest absolute Gasteiger partial charge is 0.468 e. The van der Waals surface area contributed by atoms with Crippen LogP contribution in [0.4, 0.5) is 0 Å². The Morgan fingerprint density at radius 3 is 2.42 bits per heavy atom. The highest BCUT2D eigenvalue weighted by Gasteiger charge is 2.60. The van der Waals surface area contributed by atoms with Crippen LogP contribution in [0.15, 0.2) is 30.3 Å². The van der Waals surface area contributed by atoms with E-state index >= 15 is 0 Å². The summed E-state index contributed by atoms with van der Waals surface area (Å²) >= 11 is 0. The number of hydrogen-bond donors (Lipinski definition) is 0. The molecule has 0 spiro atoms. The first-order valence-corrected chi connectivity index (χ1v) is 6.25. The number of rotatable bonds is 3. The van der Waals surface area contributed by atoms with E-state index in [9.17, 15) is 9.59 Å². The number of methoxy groups -OCH3 is 1. The summed E-state index contributed by atoms with van der Waals surface area (Å²) in [5.41, 5.74) is -0.841. The molecule has 1 heterocycles. The third kappa shape index (κ3) is 2.23. The molecule has 1 aliphatic rings. The second kappa shape index (κ2) is 4.68. The summed E-state index contributed by atoms with van der Waals surface area (Å²) in [6, 6.07) is 9.60. The van der Waals surface area contributed by atoms with Gasteiger partial charge in [0.1, 0.15) is 11.0 Å². The van der Waals surface area contributed by atoms with Gasteiger partial charge in [-0.05, 0) is 25.8 Å². The maximum atomic E-state index is 12.2. The fourth-order valence-electron chi connectivity index (χ4n) is 2.68. The van der Waals surface area contributed by atoms with E-state index in [0.29, 0.717) is 6.42 Å². The molecule has 1 fully saturated rings. The lowest BCUT2D eigenvalue weighted by molar-refractivity contribution is -0.164. The van der Waals surface area contributed by atoms with Crippen LogP contribution in [0.5, 0.6) is 0 Å². The topological polar surface area (TPSA) is 52.6 Å². The van der Waals surface area contributed by atoms with Gasteiger partial charge < -0.3 is 9.47 Å². The summed E-state index contributed by atoms with van der Waals surface area (Å²) < 4.78 is 10.2. The van der Waals surface area contributed by atoms with Crippen molar-refractivity contribution in [3.8, 4) is 0 Å². The van der Waals surface area contributed by atoms with Gasteiger partial charge in [-0.25, -0.2) is 0 Å². The first-order chi connectivity index (χ1) is 8.91. The summed E-state index contributed by atoms with van der Waals surface area (Å²) in [4.78, 5) is 23.9. The van der Waals surface area contributed by atoms with Crippen molar-refractivity contribution < 1.29 is 19.1 Å². The van der Waals surface area contributed by atoms with Crippen LogP contribution in [-0.4, -0.2) is 24.6 Å². The number of carbonyl (C=O) groups is 2. The van der Waals surface area contributed by atoms with Crippen LogP contribution in [-0.2, 0) is 25.5 Å². The van der Waals surface area contributed by atoms with Crippen LogP contribution in [0.1, 0.15) is 25.8 Å². The average Bonchev–Trinajstić information content (AvgIpc) is 2.59. The van der Waals surface area contributed by atoms with E-state index in [0.717, 1.165) is 5.56 Å². The van der Waals surface area contributed by atoms with Gasteiger partial charge in [0.15, 0.2) is 0 Å². The van der Waals surface area contributed by atoms with Crippen LogP contribution in [0.2, 0.25) is 0 Å². The van der Waals surface area contributed by atoms with E-state index in [4.69, 9.17) is 9.47 Å². The third-order valence-electron chi connectivity index (χ3n) is 3.89. The Balaban J connectivity index is 2.42. The Morgan fingerprint density at radius 1 is 1.32 bits per heavy atom. The molecule has 0 aromatic heterocycles. The highest BCUT2D eigenvalue weighted by atomic mass is 16.6. The quantitative estimate of drug-likeness (QED) is 0.783. The average molecular weight is 262 g/mol. The van der Waals surface area contributed by atoms with Crippen molar-refractivity contribution in [2.75, 3.05) is 7.11 Å². The summed E-state index contributed by atoms with van der Waals surface area (Å²) in [6.07, 6.45) is 0.487. The van der Waals surface area contributed by atoms with Crippen molar-refractivity contribution >= 4 is 11.9 Å². The van der Waals surface area contributed by atoms with E-state index in [2.05, 4.69) is 0 Å². The maximum absolute atomic E-state index is 12.2. The number of esters is 2. The second-order valence-electron chi connectivity index (χ2n) is 5.40. The molecule has 0 radical (unpaired) electrons. The molecule has 0 saturated carbocycles. The van der Waals surface area contributed by atoms with Crippen molar-refractivity contribution in [2.45, 2.75) is 32.3 Å². The summed E-state index contributed by atoms with van der Waals surface area (Å²) in [5, 5.41) is 0. The normalized spacial score (nSPS) is 24.9. The molecular formula is C15H18O4. The zero-order valence-corrected chi connectivity index (χ0v) is 11.4. The molecule has 0 amide bonds. The number of carbonyl (C=O) groups excluding carboxylic acids is 2. The molecule has 19 heavy (non-hydrogen) atoms. The molecule has 4 heteroatoms. The Hall–Kier alpha value is -1.84. The van der Waals surface area contributed by atoms with Gasteiger partial charge in [0.2, 0.25) is 0 Å². The molecule has 2 rings (SSSR count). The summed E-state index contributed by atoms with van der Waals surface area (Å²) in [5.74, 6) is -0.751. The van der Waals surface area contributed by atoms with Gasteiger partial charge >= 0.3 is 11.9 Å². The molecule has 1 saturated heterocycles. The lowest BCUT2D eigenvalue weighted by atomic mass is 9.69. The van der Waals surface area contributed by atoms with Crippen LogP contribution in [0, 0.1) is 5.41 Å². The number of cyclic esters (lactones) is 1. The van der Waals surface area contributed by atoms with E-state index in [1.807, 2.05) is 30.3 Å². The molecule has 0 N–H and O–H groups in total. The lowest BCUT2D eigenvalue weighted by Gasteiger charge is -2.35. The fraction of sp³-hybridized carbons (Fsp3) is 0.467. The van der Waals surface area contributed by atoms with Crippen LogP contribution >= 0.6 is 0 Å². The molecular weight excluding hydrogens is 244 g/mol. The van der Waals surface area contributed by atoms with Crippen LogP contribution < -0.4 is 0 Å². The summed E-state index contributed by atoms with van der Waals surface area (Å²) in [7, 11) is 1.34. The number of hydrogen-bond acceptors (Lipinski definition) is 4.